The van der Waals surface area contributed by atoms with Gasteiger partial charge >= 0.3 is 5.97 Å². The van der Waals surface area contributed by atoms with Crippen molar-refractivity contribution in [2.24, 2.45) is 0 Å². The van der Waals surface area contributed by atoms with Crippen LogP contribution in [0.2, 0.25) is 0 Å². The van der Waals surface area contributed by atoms with E-state index in [4.69, 9.17) is 0 Å². The minimum absolute atomic E-state index is 0.344. The molecule has 0 amide bonds. The summed E-state index contributed by atoms with van der Waals surface area (Å²) in [6, 6.07) is 0. The molecule has 0 bridgehead atoms. The Morgan fingerprint density at radius 1 is 1.50 bits per heavy atom. The van der Waals surface area contributed by atoms with E-state index in [1.54, 1.807) is 6.20 Å². The zero-order chi connectivity index (χ0) is 11.7. The first-order chi connectivity index (χ1) is 7.63. The van der Waals surface area contributed by atoms with Crippen LogP contribution in [0.15, 0.2) is 6.20 Å². The number of nitrogens with zero attached hydrogens (tertiary/aromatic N) is 2. The van der Waals surface area contributed by atoms with Gasteiger partial charge in [0.15, 0.2) is 5.69 Å². The lowest BCUT2D eigenvalue weighted by Crippen LogP contribution is -2.03. The Balaban J connectivity index is 2.48. The number of nitrogens with one attached hydrogen (secondary N) is 1. The molecule has 6 heteroatoms. The molecule has 0 saturated heterocycles. The number of ether oxygens (including phenoxy) is 1. The molecule has 0 aliphatic carbocycles. The molecule has 0 saturated carbocycles. The largest absolute Gasteiger partial charge is 0.464 e. The van der Waals surface area contributed by atoms with Gasteiger partial charge in [0.05, 0.1) is 24.6 Å². The third-order valence-corrected chi connectivity index (χ3v) is 3.39. The SMILES string of the molecule is COC(=O)c1[nH]ncc1-c1nc(C)c(C)s1. The van der Waals surface area contributed by atoms with Crippen LogP contribution in [0, 0.1) is 13.8 Å². The van der Waals surface area contributed by atoms with Crippen LogP contribution >= 0.6 is 11.3 Å². The lowest BCUT2D eigenvalue weighted by Gasteiger charge is -1.97. The van der Waals surface area contributed by atoms with E-state index in [9.17, 15) is 4.79 Å². The summed E-state index contributed by atoms with van der Waals surface area (Å²) in [5, 5.41) is 7.25. The molecule has 0 spiro atoms. The third kappa shape index (κ3) is 1.71. The Morgan fingerprint density at radius 3 is 2.81 bits per heavy atom. The highest BCUT2D eigenvalue weighted by molar-refractivity contribution is 7.15. The predicted molar refractivity (Wildman–Crippen MR) is 60.5 cm³/mol. The summed E-state index contributed by atoms with van der Waals surface area (Å²) in [4.78, 5) is 17.0. The van der Waals surface area contributed by atoms with Crippen LogP contribution < -0.4 is 0 Å². The van der Waals surface area contributed by atoms with Crippen molar-refractivity contribution >= 4 is 17.3 Å². The summed E-state index contributed by atoms with van der Waals surface area (Å²) in [5.74, 6) is -0.432. The van der Waals surface area contributed by atoms with E-state index in [1.807, 2.05) is 13.8 Å². The van der Waals surface area contributed by atoms with Gasteiger partial charge in [-0.3, -0.25) is 5.10 Å². The molecule has 1 N–H and O–H groups in total. The van der Waals surface area contributed by atoms with Gasteiger partial charge < -0.3 is 4.74 Å². The molecule has 5 nitrogen and oxygen atoms in total. The predicted octanol–water partition coefficient (Wildman–Crippen LogP) is 1.94. The topological polar surface area (TPSA) is 67.9 Å². The highest BCUT2D eigenvalue weighted by Crippen LogP contribution is 2.28. The van der Waals surface area contributed by atoms with E-state index in [0.29, 0.717) is 11.3 Å². The summed E-state index contributed by atoms with van der Waals surface area (Å²) in [7, 11) is 1.34. The van der Waals surface area contributed by atoms with Crippen molar-refractivity contribution in [3.63, 3.8) is 0 Å². The first kappa shape index (κ1) is 10.8. The second kappa shape index (κ2) is 4.05. The van der Waals surface area contributed by atoms with Crippen molar-refractivity contribution in [3.8, 4) is 10.6 Å². The quantitative estimate of drug-likeness (QED) is 0.810. The number of H-pyrrole nitrogens is 1. The zero-order valence-electron chi connectivity index (χ0n) is 9.20. The Bertz CT molecular complexity index is 510. The van der Waals surface area contributed by atoms with E-state index in [0.717, 1.165) is 15.6 Å². The van der Waals surface area contributed by atoms with Gasteiger partial charge in [-0.1, -0.05) is 0 Å². The first-order valence-corrected chi connectivity index (χ1v) is 5.51. The Labute approximate surface area is 96.5 Å². The number of carbonyl (C=O) groups is 1. The molecule has 84 valence electrons. The van der Waals surface area contributed by atoms with Gasteiger partial charge in [-0.25, -0.2) is 9.78 Å². The maximum atomic E-state index is 11.4. The second-order valence-electron chi connectivity index (χ2n) is 3.31. The molecule has 0 aliphatic rings. The molecule has 0 aliphatic heterocycles. The van der Waals surface area contributed by atoms with Gasteiger partial charge in [0.25, 0.3) is 0 Å². The summed E-state index contributed by atoms with van der Waals surface area (Å²) < 4.78 is 4.66. The number of rotatable bonds is 2. The second-order valence-corrected chi connectivity index (χ2v) is 4.51. The molecule has 2 aromatic rings. The van der Waals surface area contributed by atoms with Gasteiger partial charge in [-0.15, -0.1) is 11.3 Å². The summed E-state index contributed by atoms with van der Waals surface area (Å²) >= 11 is 1.54. The van der Waals surface area contributed by atoms with Crippen LogP contribution in [-0.4, -0.2) is 28.3 Å². The smallest absolute Gasteiger partial charge is 0.356 e. The fourth-order valence-electron chi connectivity index (χ4n) is 1.29. The molecule has 2 rings (SSSR count). The average molecular weight is 237 g/mol. The van der Waals surface area contributed by atoms with Crippen LogP contribution in [0.3, 0.4) is 0 Å². The van der Waals surface area contributed by atoms with Crippen molar-refractivity contribution in [2.45, 2.75) is 13.8 Å². The van der Waals surface area contributed by atoms with Gasteiger partial charge in [-0.05, 0) is 13.8 Å². The third-order valence-electron chi connectivity index (χ3n) is 2.29. The van der Waals surface area contributed by atoms with Crippen LogP contribution in [0.5, 0.6) is 0 Å². The lowest BCUT2D eigenvalue weighted by molar-refractivity contribution is 0.0595. The van der Waals surface area contributed by atoms with E-state index in [-0.39, 0.29) is 0 Å². The maximum Gasteiger partial charge on any atom is 0.356 e. The molecule has 0 fully saturated rings. The van der Waals surface area contributed by atoms with Crippen LogP contribution in [0.1, 0.15) is 21.1 Å². The van der Waals surface area contributed by atoms with Crippen molar-refractivity contribution in [3.05, 3.63) is 22.5 Å². The fraction of sp³-hybridized carbons (Fsp3) is 0.300. The monoisotopic (exact) mass is 237 g/mol. The highest BCUT2D eigenvalue weighted by Gasteiger charge is 2.18. The van der Waals surface area contributed by atoms with Crippen molar-refractivity contribution < 1.29 is 9.53 Å². The van der Waals surface area contributed by atoms with Crippen LogP contribution in [0.4, 0.5) is 0 Å². The number of thiazole rings is 1. The Kier molecular flexibility index (Phi) is 2.74. The number of hydrogen-bond acceptors (Lipinski definition) is 5. The molecule has 0 radical (unpaired) electrons. The number of aryl methyl sites for hydroxylation is 2. The van der Waals surface area contributed by atoms with Crippen molar-refractivity contribution in [2.75, 3.05) is 7.11 Å². The van der Waals surface area contributed by atoms with E-state index >= 15 is 0 Å². The number of carbonyl (C=O) groups excluding carboxylic acids is 1. The van der Waals surface area contributed by atoms with Gasteiger partial charge in [0.1, 0.15) is 5.01 Å². The minimum atomic E-state index is -0.432. The number of esters is 1. The summed E-state index contributed by atoms with van der Waals surface area (Å²) in [6.45, 7) is 3.93. The number of hydrogen-bond donors (Lipinski definition) is 1. The van der Waals surface area contributed by atoms with Crippen molar-refractivity contribution in [1.29, 1.82) is 0 Å². The molecular formula is C10H11N3O2S. The Morgan fingerprint density at radius 2 is 2.25 bits per heavy atom. The number of aromatic nitrogens is 3. The molecule has 0 unspecified atom stereocenters. The molecule has 0 aromatic carbocycles. The van der Waals surface area contributed by atoms with Gasteiger partial charge in [-0.2, -0.15) is 5.10 Å². The zero-order valence-corrected chi connectivity index (χ0v) is 10.0. The Hall–Kier alpha value is -1.69. The van der Waals surface area contributed by atoms with Crippen LogP contribution in [-0.2, 0) is 4.74 Å². The fourth-order valence-corrected chi connectivity index (χ4v) is 2.22. The summed E-state index contributed by atoms with van der Waals surface area (Å²) in [5.41, 5.74) is 2.00. The lowest BCUT2D eigenvalue weighted by atomic mass is 10.2. The minimum Gasteiger partial charge on any atom is -0.464 e. The standard InChI is InChI=1S/C10H11N3O2S/c1-5-6(2)16-9(12-5)7-4-11-13-8(7)10(14)15-3/h4H,1-3H3,(H,11,13). The number of methoxy groups -OCH3 is 1. The molecular weight excluding hydrogens is 226 g/mol. The molecule has 16 heavy (non-hydrogen) atoms. The van der Waals surface area contributed by atoms with E-state index in [2.05, 4.69) is 19.9 Å². The highest BCUT2D eigenvalue weighted by atomic mass is 32.1. The maximum absolute atomic E-state index is 11.4. The average Bonchev–Trinajstić information content (AvgIpc) is 2.85. The first-order valence-electron chi connectivity index (χ1n) is 4.69. The molecule has 2 heterocycles. The number of aromatic amines is 1. The normalized spacial score (nSPS) is 10.4. The summed E-state index contributed by atoms with van der Waals surface area (Å²) in [6.07, 6.45) is 1.59. The van der Waals surface area contributed by atoms with E-state index in [1.165, 1.54) is 18.4 Å². The molecule has 2 aromatic heterocycles. The van der Waals surface area contributed by atoms with Gasteiger partial charge in [0.2, 0.25) is 0 Å². The van der Waals surface area contributed by atoms with Crippen LogP contribution in [0.25, 0.3) is 10.6 Å². The van der Waals surface area contributed by atoms with Crippen molar-refractivity contribution in [1.82, 2.24) is 15.2 Å². The molecule has 0 atom stereocenters. The van der Waals surface area contributed by atoms with E-state index < -0.39 is 5.97 Å². The van der Waals surface area contributed by atoms with Gasteiger partial charge in [0, 0.05) is 4.88 Å².